The SMILES string of the molecule is CCc1nc(CNC(=O)c2ccc(-n3c(C)cc(C(C)=O)c3C)cc2)no1. The van der Waals surface area contributed by atoms with Gasteiger partial charge in [0.2, 0.25) is 5.89 Å². The topological polar surface area (TPSA) is 90.0 Å². The van der Waals surface area contributed by atoms with E-state index in [2.05, 4.69) is 15.5 Å². The normalized spacial score (nSPS) is 10.8. The third kappa shape index (κ3) is 3.81. The summed E-state index contributed by atoms with van der Waals surface area (Å²) in [6.07, 6.45) is 0.659. The van der Waals surface area contributed by atoms with Crippen LogP contribution in [-0.2, 0) is 13.0 Å². The van der Waals surface area contributed by atoms with Crippen LogP contribution in [0.3, 0.4) is 0 Å². The third-order valence-corrected chi connectivity index (χ3v) is 4.42. The van der Waals surface area contributed by atoms with Crippen molar-refractivity contribution in [2.24, 2.45) is 0 Å². The highest BCUT2D eigenvalue weighted by Gasteiger charge is 2.14. The molecule has 0 atom stereocenters. The summed E-state index contributed by atoms with van der Waals surface area (Å²) in [7, 11) is 0. The molecule has 2 aromatic heterocycles. The molecule has 0 bridgehead atoms. The fraction of sp³-hybridized carbons (Fsp3) is 0.300. The standard InChI is InChI=1S/C20H22N4O3/c1-5-19-22-18(23-27-19)11-21-20(26)15-6-8-16(9-7-15)24-12(2)10-17(13(24)3)14(4)25/h6-10H,5,11H2,1-4H3,(H,21,26). The van der Waals surface area contributed by atoms with Crippen molar-refractivity contribution in [1.82, 2.24) is 20.0 Å². The van der Waals surface area contributed by atoms with Gasteiger partial charge in [-0.1, -0.05) is 12.1 Å². The average Bonchev–Trinajstić information content (AvgIpc) is 3.24. The number of carbonyl (C=O) groups is 2. The van der Waals surface area contributed by atoms with Gasteiger partial charge >= 0.3 is 0 Å². The summed E-state index contributed by atoms with van der Waals surface area (Å²) in [6, 6.07) is 9.12. The van der Waals surface area contributed by atoms with Crippen LogP contribution in [0.5, 0.6) is 0 Å². The van der Waals surface area contributed by atoms with Gasteiger partial charge in [0.15, 0.2) is 11.6 Å². The Morgan fingerprint density at radius 2 is 1.89 bits per heavy atom. The van der Waals surface area contributed by atoms with Gasteiger partial charge in [0.1, 0.15) is 0 Å². The van der Waals surface area contributed by atoms with Gasteiger partial charge in [0.05, 0.1) is 6.54 Å². The summed E-state index contributed by atoms with van der Waals surface area (Å²) in [5.74, 6) is 0.825. The highest BCUT2D eigenvalue weighted by molar-refractivity contribution is 5.96. The average molecular weight is 366 g/mol. The Balaban J connectivity index is 1.73. The maximum Gasteiger partial charge on any atom is 0.251 e. The molecular formula is C20H22N4O3. The van der Waals surface area contributed by atoms with Crippen molar-refractivity contribution < 1.29 is 14.1 Å². The first-order chi connectivity index (χ1) is 12.9. The fourth-order valence-electron chi connectivity index (χ4n) is 3.05. The summed E-state index contributed by atoms with van der Waals surface area (Å²) in [5, 5.41) is 6.59. The Morgan fingerprint density at radius 3 is 2.44 bits per heavy atom. The van der Waals surface area contributed by atoms with E-state index in [1.54, 1.807) is 19.1 Å². The molecule has 0 fully saturated rings. The molecule has 0 aliphatic rings. The number of ketones is 1. The third-order valence-electron chi connectivity index (χ3n) is 4.42. The van der Waals surface area contributed by atoms with Gasteiger partial charge in [0, 0.05) is 34.6 Å². The van der Waals surface area contributed by atoms with Crippen LogP contribution in [0, 0.1) is 13.8 Å². The number of hydrogen-bond acceptors (Lipinski definition) is 5. The predicted molar refractivity (Wildman–Crippen MR) is 100 cm³/mol. The first-order valence-corrected chi connectivity index (χ1v) is 8.80. The van der Waals surface area contributed by atoms with Crippen LogP contribution in [0.15, 0.2) is 34.9 Å². The minimum absolute atomic E-state index is 0.0399. The Bertz CT molecular complexity index is 983. The summed E-state index contributed by atoms with van der Waals surface area (Å²) < 4.78 is 7.02. The minimum atomic E-state index is -0.213. The lowest BCUT2D eigenvalue weighted by Crippen LogP contribution is -2.23. The Kier molecular flexibility index (Phi) is 5.21. The largest absolute Gasteiger partial charge is 0.345 e. The van der Waals surface area contributed by atoms with E-state index < -0.39 is 0 Å². The van der Waals surface area contributed by atoms with E-state index in [-0.39, 0.29) is 18.2 Å². The second-order valence-electron chi connectivity index (χ2n) is 6.36. The van der Waals surface area contributed by atoms with E-state index in [0.29, 0.717) is 29.3 Å². The van der Waals surface area contributed by atoms with Gasteiger partial charge in [-0.05, 0) is 51.1 Å². The van der Waals surface area contributed by atoms with Crippen molar-refractivity contribution in [3.05, 3.63) is 64.6 Å². The zero-order valence-corrected chi connectivity index (χ0v) is 15.9. The van der Waals surface area contributed by atoms with E-state index in [4.69, 9.17) is 4.52 Å². The number of Topliss-reactive ketones (excluding diaryl/α,β-unsaturated/α-hetero) is 1. The highest BCUT2D eigenvalue weighted by atomic mass is 16.5. The van der Waals surface area contributed by atoms with Crippen LogP contribution in [0.1, 0.15) is 57.7 Å². The second-order valence-corrected chi connectivity index (χ2v) is 6.36. The van der Waals surface area contributed by atoms with Gasteiger partial charge in [0.25, 0.3) is 5.91 Å². The molecular weight excluding hydrogens is 344 g/mol. The van der Waals surface area contributed by atoms with Crippen LogP contribution >= 0.6 is 0 Å². The van der Waals surface area contributed by atoms with Crippen molar-refractivity contribution in [1.29, 1.82) is 0 Å². The number of nitrogens with zero attached hydrogens (tertiary/aromatic N) is 3. The summed E-state index contributed by atoms with van der Waals surface area (Å²) in [5.41, 5.74) is 4.01. The van der Waals surface area contributed by atoms with Crippen LogP contribution in [0.2, 0.25) is 0 Å². The van der Waals surface area contributed by atoms with Crippen LogP contribution in [0.25, 0.3) is 5.69 Å². The quantitative estimate of drug-likeness (QED) is 0.677. The first kappa shape index (κ1) is 18.6. The number of hydrogen-bond donors (Lipinski definition) is 1. The Hall–Kier alpha value is -3.22. The molecule has 27 heavy (non-hydrogen) atoms. The molecule has 7 nitrogen and oxygen atoms in total. The predicted octanol–water partition coefficient (Wildman–Crippen LogP) is 3.17. The second kappa shape index (κ2) is 7.57. The number of benzene rings is 1. The molecule has 0 unspecified atom stereocenters. The molecule has 140 valence electrons. The summed E-state index contributed by atoms with van der Waals surface area (Å²) in [6.45, 7) is 7.56. The summed E-state index contributed by atoms with van der Waals surface area (Å²) >= 11 is 0. The number of rotatable bonds is 6. The van der Waals surface area contributed by atoms with E-state index in [1.165, 1.54) is 0 Å². The number of carbonyl (C=O) groups excluding carboxylic acids is 2. The number of aryl methyl sites for hydroxylation is 2. The lowest BCUT2D eigenvalue weighted by Gasteiger charge is -2.11. The van der Waals surface area contributed by atoms with Crippen molar-refractivity contribution in [3.63, 3.8) is 0 Å². The lowest BCUT2D eigenvalue weighted by atomic mass is 10.1. The number of amides is 1. The maximum absolute atomic E-state index is 12.3. The lowest BCUT2D eigenvalue weighted by molar-refractivity contribution is 0.0948. The molecule has 3 aromatic rings. The number of nitrogens with one attached hydrogen (secondary N) is 1. The maximum atomic E-state index is 12.3. The van der Waals surface area contributed by atoms with Crippen molar-refractivity contribution >= 4 is 11.7 Å². The van der Waals surface area contributed by atoms with E-state index in [1.807, 2.05) is 43.5 Å². The Labute approximate surface area is 157 Å². The van der Waals surface area contributed by atoms with Crippen LogP contribution < -0.4 is 5.32 Å². The molecule has 2 heterocycles. The molecule has 0 aliphatic carbocycles. The van der Waals surface area contributed by atoms with E-state index in [9.17, 15) is 9.59 Å². The number of aromatic nitrogens is 3. The monoisotopic (exact) mass is 366 g/mol. The summed E-state index contributed by atoms with van der Waals surface area (Å²) in [4.78, 5) is 28.2. The minimum Gasteiger partial charge on any atom is -0.345 e. The molecule has 0 radical (unpaired) electrons. The van der Waals surface area contributed by atoms with Crippen molar-refractivity contribution in [2.75, 3.05) is 0 Å². The zero-order chi connectivity index (χ0) is 19.6. The van der Waals surface area contributed by atoms with Crippen molar-refractivity contribution in [2.45, 2.75) is 40.7 Å². The van der Waals surface area contributed by atoms with Gasteiger partial charge in [-0.15, -0.1) is 0 Å². The molecule has 3 rings (SSSR count). The highest BCUT2D eigenvalue weighted by Crippen LogP contribution is 2.21. The van der Waals surface area contributed by atoms with E-state index >= 15 is 0 Å². The van der Waals surface area contributed by atoms with Gasteiger partial charge < -0.3 is 14.4 Å². The molecule has 1 amide bonds. The molecule has 1 aromatic carbocycles. The zero-order valence-electron chi connectivity index (χ0n) is 15.9. The van der Waals surface area contributed by atoms with Crippen molar-refractivity contribution in [3.8, 4) is 5.69 Å². The first-order valence-electron chi connectivity index (χ1n) is 8.80. The van der Waals surface area contributed by atoms with Crippen LogP contribution in [-0.4, -0.2) is 26.4 Å². The molecule has 0 saturated heterocycles. The van der Waals surface area contributed by atoms with Gasteiger partial charge in [-0.3, -0.25) is 9.59 Å². The van der Waals surface area contributed by atoms with Crippen LogP contribution in [0.4, 0.5) is 0 Å². The molecule has 7 heteroatoms. The van der Waals surface area contributed by atoms with E-state index in [0.717, 1.165) is 17.1 Å². The van der Waals surface area contributed by atoms with Gasteiger partial charge in [-0.2, -0.15) is 4.98 Å². The molecule has 0 spiro atoms. The molecule has 0 saturated carbocycles. The molecule has 0 aliphatic heterocycles. The Morgan fingerprint density at radius 1 is 1.19 bits per heavy atom. The van der Waals surface area contributed by atoms with Gasteiger partial charge in [-0.25, -0.2) is 0 Å². The molecule has 1 N–H and O–H groups in total. The fourth-order valence-corrected chi connectivity index (χ4v) is 3.05. The smallest absolute Gasteiger partial charge is 0.251 e.